The Bertz CT molecular complexity index is 232. The minimum absolute atomic E-state index is 0.0591. The molecule has 0 unspecified atom stereocenters. The van der Waals surface area contributed by atoms with Crippen LogP contribution in [-0.2, 0) is 9.59 Å². The molecule has 0 aromatic heterocycles. The second kappa shape index (κ2) is 10.6. The molecule has 1 amide bonds. The molecule has 0 spiro atoms. The zero-order chi connectivity index (χ0) is 13.1. The van der Waals surface area contributed by atoms with Gasteiger partial charge in [0.15, 0.2) is 5.12 Å². The predicted molar refractivity (Wildman–Crippen MR) is 70.9 cm³/mol. The fraction of sp³-hybridized carbons (Fsp3) is 0.833. The molecule has 0 aliphatic carbocycles. The molecule has 0 aromatic rings. The monoisotopic (exact) mass is 263 g/mol. The molecular formula is C12H23NO3S. The molecule has 100 valence electrons. The average molecular weight is 263 g/mol. The molecule has 0 aromatic carbocycles. The van der Waals surface area contributed by atoms with Gasteiger partial charge in [-0.05, 0) is 19.8 Å². The highest BCUT2D eigenvalue weighted by Gasteiger charge is 2.03. The Balaban J connectivity index is 3.26. The van der Waals surface area contributed by atoms with Crippen molar-refractivity contribution in [3.63, 3.8) is 0 Å². The summed E-state index contributed by atoms with van der Waals surface area (Å²) in [6.45, 7) is 3.80. The number of nitrogens with one attached hydrogen (secondary N) is 1. The summed E-state index contributed by atoms with van der Waals surface area (Å²) in [5.74, 6) is 0.586. The van der Waals surface area contributed by atoms with Crippen molar-refractivity contribution in [2.45, 2.75) is 52.1 Å². The molecule has 0 aliphatic rings. The van der Waals surface area contributed by atoms with Gasteiger partial charge in [-0.1, -0.05) is 24.6 Å². The summed E-state index contributed by atoms with van der Waals surface area (Å²) in [6, 6.07) is 0. The zero-order valence-electron chi connectivity index (χ0n) is 10.7. The van der Waals surface area contributed by atoms with Crippen LogP contribution in [0.4, 0.5) is 0 Å². The maximum Gasteiger partial charge on any atom is 0.216 e. The first-order valence-electron chi connectivity index (χ1n) is 6.10. The zero-order valence-corrected chi connectivity index (χ0v) is 11.5. The van der Waals surface area contributed by atoms with Crippen LogP contribution in [0, 0.1) is 0 Å². The number of carbonyl (C=O) groups is 2. The van der Waals surface area contributed by atoms with Gasteiger partial charge in [0.2, 0.25) is 5.91 Å². The Labute approximate surface area is 108 Å². The summed E-state index contributed by atoms with van der Waals surface area (Å²) in [7, 11) is 0. The van der Waals surface area contributed by atoms with Gasteiger partial charge in [0.25, 0.3) is 0 Å². The van der Waals surface area contributed by atoms with E-state index in [1.54, 1.807) is 6.92 Å². The van der Waals surface area contributed by atoms with E-state index in [1.165, 1.54) is 18.7 Å². The molecule has 17 heavy (non-hydrogen) atoms. The first kappa shape index (κ1) is 16.4. The Morgan fingerprint density at radius 3 is 2.59 bits per heavy atom. The molecule has 0 radical (unpaired) electrons. The van der Waals surface area contributed by atoms with Crippen LogP contribution in [0.1, 0.15) is 46.0 Å². The van der Waals surface area contributed by atoms with Gasteiger partial charge in [-0.15, -0.1) is 0 Å². The molecule has 0 bridgehead atoms. The third-order valence-electron chi connectivity index (χ3n) is 2.24. The molecule has 0 saturated carbocycles. The number of aliphatic hydroxyl groups excluding tert-OH is 1. The molecule has 2 N–H and O–H groups in total. The Kier molecular flexibility index (Phi) is 10.3. The lowest BCUT2D eigenvalue weighted by Crippen LogP contribution is -2.22. The van der Waals surface area contributed by atoms with Crippen LogP contribution in [0.25, 0.3) is 0 Å². The second-order valence-electron chi connectivity index (χ2n) is 4.15. The minimum atomic E-state index is -0.238. The van der Waals surface area contributed by atoms with Crippen molar-refractivity contribution in [1.29, 1.82) is 0 Å². The van der Waals surface area contributed by atoms with E-state index >= 15 is 0 Å². The third kappa shape index (κ3) is 13.4. The Hall–Kier alpha value is -0.550. The molecule has 0 rings (SSSR count). The number of rotatable bonds is 9. The van der Waals surface area contributed by atoms with Crippen molar-refractivity contribution in [2.24, 2.45) is 0 Å². The van der Waals surface area contributed by atoms with E-state index in [0.29, 0.717) is 18.7 Å². The van der Waals surface area contributed by atoms with E-state index < -0.39 is 0 Å². The van der Waals surface area contributed by atoms with Crippen molar-refractivity contribution in [3.8, 4) is 0 Å². The molecular weight excluding hydrogens is 240 g/mol. The largest absolute Gasteiger partial charge is 0.393 e. The highest BCUT2D eigenvalue weighted by Crippen LogP contribution is 2.11. The fourth-order valence-corrected chi connectivity index (χ4v) is 2.07. The summed E-state index contributed by atoms with van der Waals surface area (Å²) >= 11 is 1.28. The molecule has 0 aliphatic heterocycles. The molecule has 1 atom stereocenters. The van der Waals surface area contributed by atoms with Crippen LogP contribution in [0.2, 0.25) is 0 Å². The lowest BCUT2D eigenvalue weighted by molar-refractivity contribution is -0.118. The summed E-state index contributed by atoms with van der Waals surface area (Å²) in [4.78, 5) is 21.9. The molecule has 0 heterocycles. The predicted octanol–water partition coefficient (Wildman–Crippen LogP) is 1.71. The minimum Gasteiger partial charge on any atom is -0.393 e. The van der Waals surface area contributed by atoms with Gasteiger partial charge < -0.3 is 10.4 Å². The lowest BCUT2D eigenvalue weighted by atomic mass is 10.2. The maximum atomic E-state index is 11.4. The number of carbonyl (C=O) groups excluding carboxylic acids is 2. The van der Waals surface area contributed by atoms with Gasteiger partial charge >= 0.3 is 0 Å². The van der Waals surface area contributed by atoms with Crippen molar-refractivity contribution in [1.82, 2.24) is 5.32 Å². The third-order valence-corrected chi connectivity index (χ3v) is 3.18. The summed E-state index contributed by atoms with van der Waals surface area (Å²) in [5, 5.41) is 11.9. The van der Waals surface area contributed by atoms with Gasteiger partial charge in [-0.3, -0.25) is 9.59 Å². The number of hydrogen-bond acceptors (Lipinski definition) is 4. The standard InChI is InChI=1S/C12H23NO3S/c1-10(14)6-4-3-5-7-12(16)17-9-8-13-11(2)15/h10,14H,3-9H2,1-2H3,(H,13,15)/t10-/m0/s1/i5+1,7+1. The number of unbranched alkanes of at least 4 members (excludes halogenated alkanes) is 2. The van der Waals surface area contributed by atoms with Crippen LogP contribution < -0.4 is 5.32 Å². The van der Waals surface area contributed by atoms with E-state index in [2.05, 4.69) is 5.32 Å². The smallest absolute Gasteiger partial charge is 0.216 e. The lowest BCUT2D eigenvalue weighted by Gasteiger charge is -2.04. The normalized spacial score (nSPS) is 12.2. The summed E-state index contributed by atoms with van der Waals surface area (Å²) in [5.41, 5.74) is 0. The molecule has 4 nitrogen and oxygen atoms in total. The topological polar surface area (TPSA) is 66.4 Å². The van der Waals surface area contributed by atoms with E-state index in [0.717, 1.165) is 25.7 Å². The highest BCUT2D eigenvalue weighted by molar-refractivity contribution is 8.13. The van der Waals surface area contributed by atoms with Crippen molar-refractivity contribution in [2.75, 3.05) is 12.3 Å². The van der Waals surface area contributed by atoms with E-state index in [-0.39, 0.29) is 17.1 Å². The fourth-order valence-electron chi connectivity index (χ4n) is 1.35. The van der Waals surface area contributed by atoms with E-state index in [1.807, 2.05) is 0 Å². The van der Waals surface area contributed by atoms with Crippen molar-refractivity contribution in [3.05, 3.63) is 0 Å². The second-order valence-corrected chi connectivity index (χ2v) is 5.30. The van der Waals surface area contributed by atoms with Crippen LogP contribution >= 0.6 is 11.8 Å². The maximum absolute atomic E-state index is 11.4. The van der Waals surface area contributed by atoms with Crippen molar-refractivity contribution < 1.29 is 14.7 Å². The number of thioether (sulfide) groups is 1. The molecule has 0 fully saturated rings. The van der Waals surface area contributed by atoms with Gasteiger partial charge in [0, 0.05) is 25.6 Å². The Morgan fingerprint density at radius 2 is 2.00 bits per heavy atom. The van der Waals surface area contributed by atoms with Gasteiger partial charge in [-0.25, -0.2) is 0 Å². The van der Waals surface area contributed by atoms with Crippen LogP contribution in [0.5, 0.6) is 0 Å². The number of aliphatic hydroxyl groups is 1. The summed E-state index contributed by atoms with van der Waals surface area (Å²) in [6.07, 6.45) is 4.01. The number of amides is 1. The quantitative estimate of drug-likeness (QED) is 0.491. The van der Waals surface area contributed by atoms with Gasteiger partial charge in [0.1, 0.15) is 0 Å². The highest BCUT2D eigenvalue weighted by atomic mass is 32.2. The first-order chi connectivity index (χ1) is 8.02. The van der Waals surface area contributed by atoms with Crippen LogP contribution in [0.3, 0.4) is 0 Å². The van der Waals surface area contributed by atoms with Gasteiger partial charge in [0.05, 0.1) is 6.10 Å². The van der Waals surface area contributed by atoms with Gasteiger partial charge in [-0.2, -0.15) is 0 Å². The average Bonchev–Trinajstić information content (AvgIpc) is 2.23. The summed E-state index contributed by atoms with van der Waals surface area (Å²) < 4.78 is 0. The Morgan fingerprint density at radius 1 is 1.29 bits per heavy atom. The van der Waals surface area contributed by atoms with E-state index in [9.17, 15) is 9.59 Å². The SMILES string of the molecule is CC(=O)NCCSC(=O)[13CH2][13CH2]CCC[C@H](C)O. The van der Waals surface area contributed by atoms with Crippen molar-refractivity contribution >= 4 is 22.8 Å². The van der Waals surface area contributed by atoms with Crippen LogP contribution in [-0.4, -0.2) is 34.5 Å². The first-order valence-corrected chi connectivity index (χ1v) is 7.09. The van der Waals surface area contributed by atoms with Crippen LogP contribution in [0.15, 0.2) is 0 Å². The van der Waals surface area contributed by atoms with E-state index in [4.69, 9.17) is 5.11 Å². The molecule has 0 saturated heterocycles. The number of hydrogen-bond donors (Lipinski definition) is 2. The molecule has 5 heteroatoms.